The van der Waals surface area contributed by atoms with E-state index in [1.54, 1.807) is 0 Å². The molecular weight excluding hydrogens is 212 g/mol. The first-order valence-corrected chi connectivity index (χ1v) is 6.22. The van der Waals surface area contributed by atoms with E-state index in [1.165, 1.54) is 0 Å². The van der Waals surface area contributed by atoms with Crippen LogP contribution in [-0.2, 0) is 19.7 Å². The van der Waals surface area contributed by atoms with Crippen LogP contribution in [0.15, 0.2) is 40.5 Å². The zero-order valence-electron chi connectivity index (χ0n) is 6.67. The molecule has 0 saturated carbocycles. The molecule has 13 heavy (non-hydrogen) atoms. The minimum Gasteiger partial charge on any atom is -0.219 e. The van der Waals surface area contributed by atoms with Gasteiger partial charge in [0.25, 0.3) is 0 Å². The molecule has 0 aliphatic carbocycles. The van der Waals surface area contributed by atoms with E-state index in [2.05, 4.69) is 13.2 Å². The molecule has 0 heterocycles. The number of rotatable bonds is 4. The van der Waals surface area contributed by atoms with E-state index < -0.39 is 19.7 Å². The highest BCUT2D eigenvalue weighted by atomic mass is 32.2. The molecule has 0 aromatic heterocycles. The van der Waals surface area contributed by atoms with Crippen molar-refractivity contribution in [3.05, 3.63) is 40.5 Å². The van der Waals surface area contributed by atoms with Crippen LogP contribution in [0.5, 0.6) is 0 Å². The van der Waals surface area contributed by atoms with Gasteiger partial charge in [0.1, 0.15) is 0 Å². The molecule has 0 rings (SSSR count). The van der Waals surface area contributed by atoms with Gasteiger partial charge in [-0.25, -0.2) is 16.8 Å². The van der Waals surface area contributed by atoms with Crippen LogP contribution >= 0.6 is 0 Å². The second kappa shape index (κ2) is 4.23. The molecule has 6 heteroatoms. The van der Waals surface area contributed by atoms with Gasteiger partial charge >= 0.3 is 0 Å². The summed E-state index contributed by atoms with van der Waals surface area (Å²) in [7, 11) is -7.10. The molecule has 0 bridgehead atoms. The highest BCUT2D eigenvalue weighted by molar-refractivity contribution is 7.97. The predicted octanol–water partition coefficient (Wildman–Crippen LogP) is 0.729. The fourth-order valence-electron chi connectivity index (χ4n) is 0.314. The van der Waals surface area contributed by atoms with Gasteiger partial charge in [-0.15, -0.1) is 0 Å². The van der Waals surface area contributed by atoms with E-state index in [0.717, 1.165) is 0 Å². The largest absolute Gasteiger partial charge is 0.219 e. The first kappa shape index (κ1) is 11.9. The molecule has 0 N–H and O–H groups in total. The van der Waals surface area contributed by atoms with Crippen molar-refractivity contribution in [3.63, 3.8) is 0 Å². The van der Waals surface area contributed by atoms with Crippen LogP contribution in [-0.4, -0.2) is 16.8 Å². The molecule has 0 fully saturated rings. The molecular formula is C7H8O4S2. The number of hydrogen-bond acceptors (Lipinski definition) is 4. The second-order valence-electron chi connectivity index (χ2n) is 1.91. The van der Waals surface area contributed by atoms with Gasteiger partial charge in [-0.3, -0.25) is 0 Å². The van der Waals surface area contributed by atoms with Crippen molar-refractivity contribution >= 4 is 19.7 Å². The van der Waals surface area contributed by atoms with Gasteiger partial charge in [0, 0.05) is 10.8 Å². The first-order valence-electron chi connectivity index (χ1n) is 3.00. The van der Waals surface area contributed by atoms with Crippen LogP contribution in [0.3, 0.4) is 0 Å². The van der Waals surface area contributed by atoms with Gasteiger partial charge in [-0.2, -0.15) is 0 Å². The molecule has 0 aromatic rings. The Labute approximate surface area is 77.4 Å². The summed E-state index contributed by atoms with van der Waals surface area (Å²) in [6.45, 7) is 6.05. The topological polar surface area (TPSA) is 68.3 Å². The Balaban J connectivity index is 5.05. The van der Waals surface area contributed by atoms with Crippen molar-refractivity contribution in [2.24, 2.45) is 0 Å². The summed E-state index contributed by atoms with van der Waals surface area (Å²) in [5.74, 6) is 0. The van der Waals surface area contributed by atoms with E-state index >= 15 is 0 Å². The third kappa shape index (κ3) is 5.19. The smallest absolute Gasteiger partial charge is 0.199 e. The zero-order valence-corrected chi connectivity index (χ0v) is 8.31. The SMILES string of the molecule is C=CS(=O)(=O)C=C=CS(=O)(=O)C=C. The Bertz CT molecular complexity index is 417. The standard InChI is InChI=1S/C7H8O4S2/c1-3-12(8,9)6-5-7-13(10,11)4-2/h3-4,6-7H,1-2H2. The van der Waals surface area contributed by atoms with E-state index in [4.69, 9.17) is 0 Å². The maximum atomic E-state index is 10.7. The number of sulfone groups is 2. The van der Waals surface area contributed by atoms with Crippen molar-refractivity contribution < 1.29 is 16.8 Å². The van der Waals surface area contributed by atoms with Crippen LogP contribution in [0.25, 0.3) is 0 Å². The Hall–Kier alpha value is -1.10. The summed E-state index contributed by atoms with van der Waals surface area (Å²) in [5, 5.41) is 2.60. The van der Waals surface area contributed by atoms with Crippen molar-refractivity contribution in [2.75, 3.05) is 0 Å². The van der Waals surface area contributed by atoms with Crippen molar-refractivity contribution in [3.8, 4) is 0 Å². The maximum absolute atomic E-state index is 10.7. The van der Waals surface area contributed by atoms with E-state index in [-0.39, 0.29) is 0 Å². The van der Waals surface area contributed by atoms with Crippen LogP contribution in [0, 0.1) is 0 Å². The molecule has 0 aromatic carbocycles. The van der Waals surface area contributed by atoms with Gasteiger partial charge in [-0.1, -0.05) is 18.9 Å². The molecule has 0 aliphatic heterocycles. The third-order valence-electron chi connectivity index (χ3n) is 0.929. The highest BCUT2D eigenvalue weighted by Crippen LogP contribution is 1.94. The predicted molar refractivity (Wildman–Crippen MR) is 50.9 cm³/mol. The molecule has 0 amide bonds. The summed E-state index contributed by atoms with van der Waals surface area (Å²) < 4.78 is 42.8. The lowest BCUT2D eigenvalue weighted by molar-refractivity contribution is 0.611. The van der Waals surface area contributed by atoms with Crippen molar-refractivity contribution in [1.29, 1.82) is 0 Å². The van der Waals surface area contributed by atoms with E-state index in [1.807, 2.05) is 5.73 Å². The Kier molecular flexibility index (Phi) is 3.87. The van der Waals surface area contributed by atoms with Crippen LogP contribution in [0.4, 0.5) is 0 Å². The number of hydrogen-bond donors (Lipinski definition) is 0. The lowest BCUT2D eigenvalue weighted by atomic mass is 11.0. The average Bonchev–Trinajstić information content (AvgIpc) is 2.04. The monoisotopic (exact) mass is 220 g/mol. The summed E-state index contributed by atoms with van der Waals surface area (Å²) in [5.41, 5.74) is 2.00. The normalized spacial score (nSPS) is 11.1. The minimum absolute atomic E-state index is 0.612. The molecule has 0 spiro atoms. The molecule has 0 radical (unpaired) electrons. The van der Waals surface area contributed by atoms with Gasteiger partial charge in [0.15, 0.2) is 19.7 Å². The summed E-state index contributed by atoms with van der Waals surface area (Å²) in [6, 6.07) is 0. The highest BCUT2D eigenvalue weighted by Gasteiger charge is 1.97. The Morgan fingerprint density at radius 3 is 1.38 bits per heavy atom. The first-order chi connectivity index (χ1) is 5.83. The summed E-state index contributed by atoms with van der Waals surface area (Å²) in [6.07, 6.45) is 0. The average molecular weight is 220 g/mol. The molecule has 0 aliphatic rings. The van der Waals surface area contributed by atoms with Crippen molar-refractivity contribution in [2.45, 2.75) is 0 Å². The maximum Gasteiger partial charge on any atom is 0.199 e. The van der Waals surface area contributed by atoms with Crippen LogP contribution < -0.4 is 0 Å². The van der Waals surface area contributed by atoms with Gasteiger partial charge in [0.2, 0.25) is 0 Å². The van der Waals surface area contributed by atoms with Crippen molar-refractivity contribution in [1.82, 2.24) is 0 Å². The Morgan fingerprint density at radius 2 is 1.15 bits per heavy atom. The fourth-order valence-corrected chi connectivity index (χ4v) is 1.11. The molecule has 0 unspecified atom stereocenters. The molecule has 72 valence electrons. The van der Waals surface area contributed by atoms with Crippen LogP contribution in [0.2, 0.25) is 0 Å². The van der Waals surface area contributed by atoms with E-state index in [0.29, 0.717) is 21.6 Å². The lowest BCUT2D eigenvalue weighted by Crippen LogP contribution is -1.87. The van der Waals surface area contributed by atoms with E-state index in [9.17, 15) is 16.8 Å². The second-order valence-corrected chi connectivity index (χ2v) is 5.41. The van der Waals surface area contributed by atoms with Gasteiger partial charge in [0.05, 0.1) is 10.8 Å². The molecule has 0 saturated heterocycles. The third-order valence-corrected chi connectivity index (χ3v) is 2.79. The molecule has 4 nitrogen and oxygen atoms in total. The van der Waals surface area contributed by atoms with Gasteiger partial charge in [-0.05, 0) is 0 Å². The zero-order chi connectivity index (χ0) is 10.5. The summed E-state index contributed by atoms with van der Waals surface area (Å²) in [4.78, 5) is 0. The molecule has 0 atom stereocenters. The Morgan fingerprint density at radius 1 is 0.846 bits per heavy atom. The lowest BCUT2D eigenvalue weighted by Gasteiger charge is -1.82. The summed E-state index contributed by atoms with van der Waals surface area (Å²) >= 11 is 0. The minimum atomic E-state index is -3.55. The van der Waals surface area contributed by atoms with Gasteiger partial charge < -0.3 is 0 Å². The quantitative estimate of drug-likeness (QED) is 0.655. The fraction of sp³-hybridized carbons (Fsp3) is 0. The van der Waals surface area contributed by atoms with Crippen LogP contribution in [0.1, 0.15) is 0 Å².